The average Bonchev–Trinajstić information content (AvgIpc) is 2.99. The summed E-state index contributed by atoms with van der Waals surface area (Å²) in [6.45, 7) is 9.70. The molecular weight excluding hydrogens is 419 g/mol. The van der Waals surface area contributed by atoms with Crippen LogP contribution in [0.3, 0.4) is 0 Å². The van der Waals surface area contributed by atoms with Crippen molar-refractivity contribution in [3.63, 3.8) is 0 Å². The summed E-state index contributed by atoms with van der Waals surface area (Å²) in [5.74, 6) is 2.00. The molecule has 0 atom stereocenters. The fraction of sp³-hybridized carbons (Fsp3) is 0.706. The van der Waals surface area contributed by atoms with Crippen LogP contribution in [0, 0.1) is 11.8 Å². The number of halogens is 1. The number of hydrogen-bond acceptors (Lipinski definition) is 3. The predicted molar refractivity (Wildman–Crippen MR) is 112 cm³/mol. The summed E-state index contributed by atoms with van der Waals surface area (Å²) < 4.78 is 0. The van der Waals surface area contributed by atoms with Crippen molar-refractivity contribution in [3.05, 3.63) is 22.4 Å². The summed E-state index contributed by atoms with van der Waals surface area (Å²) in [5, 5.41) is 5.37. The summed E-state index contributed by atoms with van der Waals surface area (Å²) in [5.41, 5.74) is 5.92. The van der Waals surface area contributed by atoms with Gasteiger partial charge in [-0.2, -0.15) is 0 Å². The molecule has 1 aromatic heterocycles. The molecular formula is C17H31IN4S. The molecule has 0 aromatic carbocycles. The number of nitrogens with two attached hydrogens (primary N) is 1. The number of rotatable bonds is 7. The topological polar surface area (TPSA) is 53.6 Å². The molecule has 0 unspecified atom stereocenters. The van der Waals surface area contributed by atoms with Crippen molar-refractivity contribution >= 4 is 41.3 Å². The Morgan fingerprint density at radius 2 is 2.17 bits per heavy atom. The zero-order valence-electron chi connectivity index (χ0n) is 14.3. The molecule has 23 heavy (non-hydrogen) atoms. The van der Waals surface area contributed by atoms with E-state index in [1.54, 1.807) is 0 Å². The van der Waals surface area contributed by atoms with E-state index in [0.29, 0.717) is 17.8 Å². The maximum atomic E-state index is 5.92. The lowest BCUT2D eigenvalue weighted by molar-refractivity contribution is 0.182. The Kier molecular flexibility index (Phi) is 10.1. The molecule has 1 aromatic rings. The van der Waals surface area contributed by atoms with Crippen LogP contribution in [0.25, 0.3) is 0 Å². The van der Waals surface area contributed by atoms with Crippen LogP contribution in [0.1, 0.15) is 38.0 Å². The third-order valence-electron chi connectivity index (χ3n) is 4.21. The van der Waals surface area contributed by atoms with E-state index in [1.807, 2.05) is 11.3 Å². The number of aliphatic imine (C=N–C) groups is 1. The van der Waals surface area contributed by atoms with Crippen molar-refractivity contribution in [2.75, 3.05) is 26.2 Å². The summed E-state index contributed by atoms with van der Waals surface area (Å²) >= 11 is 1.85. The molecule has 0 aliphatic carbocycles. The molecule has 0 bridgehead atoms. The van der Waals surface area contributed by atoms with E-state index < -0.39 is 0 Å². The normalized spacial score (nSPS) is 17.3. The van der Waals surface area contributed by atoms with Crippen LogP contribution >= 0.6 is 35.3 Å². The summed E-state index contributed by atoms with van der Waals surface area (Å²) in [4.78, 5) is 8.53. The van der Waals surface area contributed by atoms with Crippen LogP contribution in [0.2, 0.25) is 0 Å². The highest BCUT2D eigenvalue weighted by Gasteiger charge is 2.19. The molecule has 1 saturated heterocycles. The standard InChI is InChI=1S/C17H30N4S.HI/c1-14(2)5-8-19-17(18)20-12-15-6-9-21(10-7-15)13-16-4-3-11-22-16;/h3-4,11,14-15H,5-10,12-13H2,1-2H3,(H3,18,19,20);1H. The lowest BCUT2D eigenvalue weighted by atomic mass is 9.97. The number of guanidine groups is 1. The Morgan fingerprint density at radius 3 is 2.78 bits per heavy atom. The molecule has 1 fully saturated rings. The monoisotopic (exact) mass is 450 g/mol. The van der Waals surface area contributed by atoms with Crippen LogP contribution < -0.4 is 11.1 Å². The highest BCUT2D eigenvalue weighted by molar-refractivity contribution is 14.0. The van der Waals surface area contributed by atoms with Gasteiger partial charge in [0.05, 0.1) is 0 Å². The smallest absolute Gasteiger partial charge is 0.188 e. The summed E-state index contributed by atoms with van der Waals surface area (Å²) in [6, 6.07) is 4.36. The minimum atomic E-state index is 0. The third kappa shape index (κ3) is 8.35. The predicted octanol–water partition coefficient (Wildman–Crippen LogP) is 3.53. The maximum Gasteiger partial charge on any atom is 0.188 e. The first-order valence-corrected chi connectivity index (χ1v) is 9.30. The van der Waals surface area contributed by atoms with E-state index >= 15 is 0 Å². The maximum absolute atomic E-state index is 5.92. The van der Waals surface area contributed by atoms with Crippen molar-refractivity contribution in [1.29, 1.82) is 0 Å². The second-order valence-electron chi connectivity index (χ2n) is 6.63. The Bertz CT molecular complexity index is 439. The van der Waals surface area contributed by atoms with Crippen molar-refractivity contribution in [2.24, 2.45) is 22.6 Å². The summed E-state index contributed by atoms with van der Waals surface area (Å²) in [7, 11) is 0. The number of piperidine rings is 1. The molecule has 0 saturated carbocycles. The van der Waals surface area contributed by atoms with E-state index in [1.165, 1.54) is 30.8 Å². The van der Waals surface area contributed by atoms with Gasteiger partial charge in [-0.1, -0.05) is 19.9 Å². The van der Waals surface area contributed by atoms with Crippen molar-refractivity contribution in [3.8, 4) is 0 Å². The lowest BCUT2D eigenvalue weighted by Crippen LogP contribution is -2.36. The molecule has 2 heterocycles. The van der Waals surface area contributed by atoms with E-state index in [2.05, 4.69) is 46.6 Å². The van der Waals surface area contributed by atoms with Gasteiger partial charge >= 0.3 is 0 Å². The second kappa shape index (κ2) is 11.3. The van der Waals surface area contributed by atoms with Crippen molar-refractivity contribution in [2.45, 2.75) is 39.7 Å². The number of thiophene rings is 1. The zero-order chi connectivity index (χ0) is 15.8. The van der Waals surface area contributed by atoms with Crippen LogP contribution in [0.15, 0.2) is 22.5 Å². The molecule has 0 radical (unpaired) electrons. The van der Waals surface area contributed by atoms with E-state index in [4.69, 9.17) is 5.73 Å². The van der Waals surface area contributed by atoms with Crippen LogP contribution in [-0.2, 0) is 6.54 Å². The van der Waals surface area contributed by atoms with Crippen molar-refractivity contribution in [1.82, 2.24) is 10.2 Å². The Labute approximate surface area is 161 Å². The molecule has 2 rings (SSSR count). The van der Waals surface area contributed by atoms with Gasteiger partial charge in [0, 0.05) is 24.5 Å². The Hall–Kier alpha value is -0.340. The highest BCUT2D eigenvalue weighted by Crippen LogP contribution is 2.20. The highest BCUT2D eigenvalue weighted by atomic mass is 127. The summed E-state index contributed by atoms with van der Waals surface area (Å²) in [6.07, 6.45) is 3.60. The minimum absolute atomic E-state index is 0. The SMILES string of the molecule is CC(C)CCNC(N)=NCC1CCN(Cc2cccs2)CC1.I. The molecule has 1 aliphatic heterocycles. The largest absolute Gasteiger partial charge is 0.370 e. The van der Waals surface area contributed by atoms with E-state index in [9.17, 15) is 0 Å². The number of hydrogen-bond donors (Lipinski definition) is 2. The molecule has 0 amide bonds. The first-order chi connectivity index (χ1) is 10.6. The van der Waals surface area contributed by atoms with Gasteiger partial charge in [-0.15, -0.1) is 35.3 Å². The van der Waals surface area contributed by atoms with Gasteiger partial charge in [-0.05, 0) is 55.6 Å². The fourth-order valence-corrected chi connectivity index (χ4v) is 3.47. The molecule has 0 spiro atoms. The third-order valence-corrected chi connectivity index (χ3v) is 5.08. The van der Waals surface area contributed by atoms with Gasteiger partial charge in [0.1, 0.15) is 0 Å². The first kappa shape index (κ1) is 20.7. The first-order valence-electron chi connectivity index (χ1n) is 8.42. The Balaban J connectivity index is 0.00000264. The molecule has 1 aliphatic rings. The van der Waals surface area contributed by atoms with Gasteiger partial charge in [0.25, 0.3) is 0 Å². The molecule has 6 heteroatoms. The number of nitrogens with one attached hydrogen (secondary N) is 1. The van der Waals surface area contributed by atoms with E-state index in [0.717, 1.165) is 26.1 Å². The van der Waals surface area contributed by atoms with Gasteiger partial charge in [0.15, 0.2) is 5.96 Å². The quantitative estimate of drug-likeness (QED) is 0.380. The minimum Gasteiger partial charge on any atom is -0.370 e. The fourth-order valence-electron chi connectivity index (χ4n) is 2.72. The van der Waals surface area contributed by atoms with Crippen LogP contribution in [0.4, 0.5) is 0 Å². The van der Waals surface area contributed by atoms with Crippen molar-refractivity contribution < 1.29 is 0 Å². The Morgan fingerprint density at radius 1 is 1.43 bits per heavy atom. The van der Waals surface area contributed by atoms with Gasteiger partial charge < -0.3 is 11.1 Å². The van der Waals surface area contributed by atoms with Gasteiger partial charge in [-0.25, -0.2) is 0 Å². The van der Waals surface area contributed by atoms with Crippen LogP contribution in [-0.4, -0.2) is 37.0 Å². The molecule has 3 N–H and O–H groups in total. The zero-order valence-corrected chi connectivity index (χ0v) is 17.5. The number of nitrogens with zero attached hydrogens (tertiary/aromatic N) is 2. The van der Waals surface area contributed by atoms with Gasteiger partial charge in [0.2, 0.25) is 0 Å². The van der Waals surface area contributed by atoms with E-state index in [-0.39, 0.29) is 24.0 Å². The molecule has 132 valence electrons. The molecule has 4 nitrogen and oxygen atoms in total. The lowest BCUT2D eigenvalue weighted by Gasteiger charge is -2.30. The van der Waals surface area contributed by atoms with Crippen LogP contribution in [0.5, 0.6) is 0 Å². The number of likely N-dealkylation sites (tertiary alicyclic amines) is 1. The second-order valence-corrected chi connectivity index (χ2v) is 7.67. The van der Waals surface area contributed by atoms with Gasteiger partial charge in [-0.3, -0.25) is 9.89 Å². The average molecular weight is 450 g/mol.